The molecule has 2 rings (SSSR count). The Balaban J connectivity index is 2.22. The lowest BCUT2D eigenvalue weighted by Crippen LogP contribution is -2.14. The van der Waals surface area contributed by atoms with Crippen LogP contribution in [-0.2, 0) is 16.0 Å². The quantitative estimate of drug-likeness (QED) is 0.822. The van der Waals surface area contributed by atoms with Crippen molar-refractivity contribution in [1.82, 2.24) is 9.78 Å². The second-order valence-corrected chi connectivity index (χ2v) is 5.09. The molecular formula is C16H18FN3O3. The number of halogens is 1. The van der Waals surface area contributed by atoms with E-state index in [9.17, 15) is 14.0 Å². The molecule has 2 aromatic rings. The van der Waals surface area contributed by atoms with Crippen molar-refractivity contribution in [3.8, 4) is 5.69 Å². The Bertz CT molecular complexity index is 695. The molecule has 1 aromatic heterocycles. The first-order chi connectivity index (χ1) is 11.0. The van der Waals surface area contributed by atoms with Gasteiger partial charge in [0.1, 0.15) is 5.82 Å². The van der Waals surface area contributed by atoms with Gasteiger partial charge in [-0.3, -0.25) is 9.59 Å². The Kier molecular flexibility index (Phi) is 5.46. The molecule has 0 aliphatic rings. The summed E-state index contributed by atoms with van der Waals surface area (Å²) in [5, 5.41) is 15.6. The molecule has 6 nitrogen and oxygen atoms in total. The summed E-state index contributed by atoms with van der Waals surface area (Å²) in [5.41, 5.74) is 2.04. The number of carbonyl (C=O) groups is 2. The van der Waals surface area contributed by atoms with E-state index in [2.05, 4.69) is 10.4 Å². The van der Waals surface area contributed by atoms with Crippen LogP contribution in [0.25, 0.3) is 5.69 Å². The van der Waals surface area contributed by atoms with Crippen LogP contribution >= 0.6 is 0 Å². The standard InChI is InChI=1S/C16H18FN3O3/c1-2-3-14-13(19-15(21)8-9-16(22)23)10-18-20(14)12-6-4-11(17)5-7-12/h4-7,10H,2-3,8-9H2,1H3,(H,19,21)(H,22,23). The fraction of sp³-hybridized carbons (Fsp3) is 0.312. The zero-order valence-corrected chi connectivity index (χ0v) is 12.8. The van der Waals surface area contributed by atoms with Gasteiger partial charge >= 0.3 is 5.97 Å². The predicted molar refractivity (Wildman–Crippen MR) is 83.0 cm³/mol. The SMILES string of the molecule is CCCc1c(NC(=O)CCC(=O)O)cnn1-c1ccc(F)cc1. The van der Waals surface area contributed by atoms with Crippen LogP contribution in [0.4, 0.5) is 10.1 Å². The van der Waals surface area contributed by atoms with Gasteiger partial charge in [0.15, 0.2) is 0 Å². The smallest absolute Gasteiger partial charge is 0.303 e. The first-order valence-corrected chi connectivity index (χ1v) is 7.35. The van der Waals surface area contributed by atoms with E-state index in [0.29, 0.717) is 17.8 Å². The van der Waals surface area contributed by atoms with Crippen molar-refractivity contribution in [1.29, 1.82) is 0 Å². The van der Waals surface area contributed by atoms with Gasteiger partial charge < -0.3 is 10.4 Å². The van der Waals surface area contributed by atoms with Gasteiger partial charge in [0, 0.05) is 6.42 Å². The molecule has 0 radical (unpaired) electrons. The summed E-state index contributed by atoms with van der Waals surface area (Å²) < 4.78 is 14.7. The molecule has 0 bridgehead atoms. The highest BCUT2D eigenvalue weighted by atomic mass is 19.1. The van der Waals surface area contributed by atoms with Gasteiger partial charge in [0.25, 0.3) is 0 Å². The average molecular weight is 319 g/mol. The second-order valence-electron chi connectivity index (χ2n) is 5.09. The molecule has 0 atom stereocenters. The Hall–Kier alpha value is -2.70. The van der Waals surface area contributed by atoms with Crippen LogP contribution in [0.5, 0.6) is 0 Å². The van der Waals surface area contributed by atoms with Crippen LogP contribution in [0.15, 0.2) is 30.5 Å². The molecule has 1 amide bonds. The molecule has 0 aliphatic carbocycles. The number of carbonyl (C=O) groups excluding carboxylic acids is 1. The maximum absolute atomic E-state index is 13.0. The zero-order valence-electron chi connectivity index (χ0n) is 12.8. The largest absolute Gasteiger partial charge is 0.481 e. The molecule has 23 heavy (non-hydrogen) atoms. The summed E-state index contributed by atoms with van der Waals surface area (Å²) in [5.74, 6) is -1.72. The van der Waals surface area contributed by atoms with Crippen molar-refractivity contribution in [3.05, 3.63) is 42.0 Å². The van der Waals surface area contributed by atoms with Crippen molar-refractivity contribution in [2.75, 3.05) is 5.32 Å². The number of nitrogens with zero attached hydrogens (tertiary/aromatic N) is 2. The van der Waals surface area contributed by atoms with Crippen LogP contribution in [0.1, 0.15) is 31.9 Å². The number of benzene rings is 1. The number of nitrogens with one attached hydrogen (secondary N) is 1. The van der Waals surface area contributed by atoms with E-state index in [1.165, 1.54) is 18.3 Å². The Morgan fingerprint density at radius 3 is 2.57 bits per heavy atom. The first-order valence-electron chi connectivity index (χ1n) is 7.35. The lowest BCUT2D eigenvalue weighted by atomic mass is 10.2. The zero-order chi connectivity index (χ0) is 16.8. The lowest BCUT2D eigenvalue weighted by molar-refractivity contribution is -0.138. The van der Waals surface area contributed by atoms with E-state index >= 15 is 0 Å². The summed E-state index contributed by atoms with van der Waals surface area (Å²) in [7, 11) is 0. The van der Waals surface area contributed by atoms with Crippen LogP contribution in [0.2, 0.25) is 0 Å². The van der Waals surface area contributed by atoms with Crippen molar-refractivity contribution in [3.63, 3.8) is 0 Å². The van der Waals surface area contributed by atoms with Crippen molar-refractivity contribution in [2.24, 2.45) is 0 Å². The molecule has 0 saturated heterocycles. The van der Waals surface area contributed by atoms with Gasteiger partial charge in [-0.25, -0.2) is 9.07 Å². The number of hydrogen-bond donors (Lipinski definition) is 2. The number of carboxylic acid groups (broad SMARTS) is 1. The molecule has 0 saturated carbocycles. The minimum atomic E-state index is -1.02. The molecule has 2 N–H and O–H groups in total. The van der Waals surface area contributed by atoms with Crippen LogP contribution < -0.4 is 5.32 Å². The summed E-state index contributed by atoms with van der Waals surface area (Å²) in [6.07, 6.45) is 2.72. The Morgan fingerprint density at radius 2 is 1.96 bits per heavy atom. The van der Waals surface area contributed by atoms with Gasteiger partial charge in [-0.2, -0.15) is 5.10 Å². The van der Waals surface area contributed by atoms with Crippen molar-refractivity contribution in [2.45, 2.75) is 32.6 Å². The van der Waals surface area contributed by atoms with Gasteiger partial charge in [-0.15, -0.1) is 0 Å². The van der Waals surface area contributed by atoms with Gasteiger partial charge in [0.2, 0.25) is 5.91 Å². The molecule has 122 valence electrons. The number of aliphatic carboxylic acids is 1. The first kappa shape index (κ1) is 16.7. The number of amides is 1. The van der Waals surface area contributed by atoms with E-state index in [1.807, 2.05) is 6.92 Å². The molecular weight excluding hydrogens is 301 g/mol. The number of hydrogen-bond acceptors (Lipinski definition) is 3. The summed E-state index contributed by atoms with van der Waals surface area (Å²) in [4.78, 5) is 22.3. The van der Waals surface area contributed by atoms with Gasteiger partial charge in [-0.1, -0.05) is 13.3 Å². The number of anilines is 1. The monoisotopic (exact) mass is 319 g/mol. The highest BCUT2D eigenvalue weighted by Crippen LogP contribution is 2.21. The van der Waals surface area contributed by atoms with Crippen LogP contribution in [-0.4, -0.2) is 26.8 Å². The fourth-order valence-corrected chi connectivity index (χ4v) is 2.19. The number of carboxylic acids is 1. The third kappa shape index (κ3) is 4.38. The minimum absolute atomic E-state index is 0.0946. The molecule has 0 aliphatic heterocycles. The van der Waals surface area contributed by atoms with E-state index in [0.717, 1.165) is 12.1 Å². The summed E-state index contributed by atoms with van der Waals surface area (Å²) >= 11 is 0. The maximum atomic E-state index is 13.0. The topological polar surface area (TPSA) is 84.2 Å². The molecule has 1 heterocycles. The lowest BCUT2D eigenvalue weighted by Gasteiger charge is -2.09. The third-order valence-electron chi connectivity index (χ3n) is 3.27. The highest BCUT2D eigenvalue weighted by molar-refractivity contribution is 5.92. The van der Waals surface area contributed by atoms with E-state index in [4.69, 9.17) is 5.11 Å². The van der Waals surface area contributed by atoms with Crippen molar-refractivity contribution >= 4 is 17.6 Å². The third-order valence-corrected chi connectivity index (χ3v) is 3.27. The molecule has 0 spiro atoms. The van der Waals surface area contributed by atoms with Gasteiger partial charge in [-0.05, 0) is 30.7 Å². The maximum Gasteiger partial charge on any atom is 0.303 e. The Labute approximate surface area is 132 Å². The summed E-state index contributed by atoms with van der Waals surface area (Å²) in [6.45, 7) is 2.00. The second kappa shape index (κ2) is 7.53. The van der Waals surface area contributed by atoms with Gasteiger partial charge in [0.05, 0.1) is 29.7 Å². The van der Waals surface area contributed by atoms with E-state index in [-0.39, 0.29) is 24.6 Å². The van der Waals surface area contributed by atoms with E-state index in [1.54, 1.807) is 16.8 Å². The normalized spacial score (nSPS) is 10.5. The fourth-order valence-electron chi connectivity index (χ4n) is 2.19. The van der Waals surface area contributed by atoms with E-state index < -0.39 is 5.97 Å². The Morgan fingerprint density at radius 1 is 1.26 bits per heavy atom. The molecule has 7 heteroatoms. The summed E-state index contributed by atoms with van der Waals surface area (Å²) in [6, 6.07) is 5.91. The average Bonchev–Trinajstić information content (AvgIpc) is 2.89. The highest BCUT2D eigenvalue weighted by Gasteiger charge is 2.14. The van der Waals surface area contributed by atoms with Crippen LogP contribution in [0, 0.1) is 5.82 Å². The number of rotatable bonds is 7. The van der Waals surface area contributed by atoms with Crippen molar-refractivity contribution < 1.29 is 19.1 Å². The predicted octanol–water partition coefficient (Wildman–Crippen LogP) is 2.77. The molecule has 0 unspecified atom stereocenters. The van der Waals surface area contributed by atoms with Crippen LogP contribution in [0.3, 0.4) is 0 Å². The number of aromatic nitrogens is 2. The molecule has 1 aromatic carbocycles. The molecule has 0 fully saturated rings. The minimum Gasteiger partial charge on any atom is -0.481 e.